The minimum Gasteiger partial charge on any atom is -0.340 e. The Morgan fingerprint density at radius 1 is 0.857 bits per heavy atom. The summed E-state index contributed by atoms with van der Waals surface area (Å²) in [5.41, 5.74) is 4.79. The van der Waals surface area contributed by atoms with E-state index in [1.807, 2.05) is 38.1 Å². The third kappa shape index (κ3) is 4.89. The minimum absolute atomic E-state index is 0.231. The van der Waals surface area contributed by atoms with Gasteiger partial charge in [-0.25, -0.2) is 13.4 Å². The van der Waals surface area contributed by atoms with E-state index in [4.69, 9.17) is 0 Å². The highest BCUT2D eigenvalue weighted by atomic mass is 32.2. The number of pyridine rings is 1. The predicted octanol–water partition coefficient (Wildman–Crippen LogP) is 5.37. The fraction of sp³-hybridized carbons (Fsp3) is 0.227. The van der Waals surface area contributed by atoms with Crippen LogP contribution in [-0.2, 0) is 10.0 Å². The molecule has 6 heteroatoms. The van der Waals surface area contributed by atoms with Crippen LogP contribution in [0.1, 0.15) is 36.5 Å². The molecule has 0 aliphatic rings. The van der Waals surface area contributed by atoms with E-state index in [-0.39, 0.29) is 4.90 Å². The smallest absolute Gasteiger partial charge is 0.261 e. The molecule has 0 saturated heterocycles. The molecular formula is C22H25N3O2S. The molecule has 146 valence electrons. The molecule has 2 aromatic carbocycles. The standard InChI is InChI=1S/C22H25N3O2S/c1-15(2)18-5-8-21(9-6-18)28(26,27)25-19-7-10-22(23-14-19)24-20-12-16(3)11-17(4)13-20/h5-15,25H,1-4H3,(H,23,24). The van der Waals surface area contributed by atoms with Crippen molar-refractivity contribution in [1.82, 2.24) is 4.98 Å². The van der Waals surface area contributed by atoms with Crippen LogP contribution >= 0.6 is 0 Å². The Labute approximate surface area is 166 Å². The number of hydrogen-bond acceptors (Lipinski definition) is 4. The Kier molecular flexibility index (Phi) is 5.70. The summed E-state index contributed by atoms with van der Waals surface area (Å²) in [6.45, 7) is 8.22. The molecule has 2 N–H and O–H groups in total. The first-order valence-electron chi connectivity index (χ1n) is 9.17. The van der Waals surface area contributed by atoms with E-state index in [0.29, 0.717) is 17.4 Å². The van der Waals surface area contributed by atoms with Crippen LogP contribution in [0.5, 0.6) is 0 Å². The maximum absolute atomic E-state index is 12.6. The molecule has 28 heavy (non-hydrogen) atoms. The molecule has 0 amide bonds. The fourth-order valence-electron chi connectivity index (χ4n) is 2.97. The van der Waals surface area contributed by atoms with Crippen molar-refractivity contribution >= 4 is 27.2 Å². The number of rotatable bonds is 6. The van der Waals surface area contributed by atoms with Crippen LogP contribution in [0.25, 0.3) is 0 Å². The number of hydrogen-bond donors (Lipinski definition) is 2. The van der Waals surface area contributed by atoms with Gasteiger partial charge in [0.25, 0.3) is 10.0 Å². The van der Waals surface area contributed by atoms with E-state index in [1.54, 1.807) is 24.3 Å². The highest BCUT2D eigenvalue weighted by Crippen LogP contribution is 2.22. The minimum atomic E-state index is -3.65. The highest BCUT2D eigenvalue weighted by Gasteiger charge is 2.14. The number of benzene rings is 2. The molecule has 0 spiro atoms. The van der Waals surface area contributed by atoms with Gasteiger partial charge in [0.15, 0.2) is 0 Å². The molecule has 1 aromatic heterocycles. The predicted molar refractivity (Wildman–Crippen MR) is 115 cm³/mol. The van der Waals surface area contributed by atoms with Gasteiger partial charge in [-0.2, -0.15) is 0 Å². The van der Waals surface area contributed by atoms with Gasteiger partial charge >= 0.3 is 0 Å². The zero-order chi connectivity index (χ0) is 20.3. The van der Waals surface area contributed by atoms with Crippen LogP contribution in [0.15, 0.2) is 65.7 Å². The first kappa shape index (κ1) is 19.9. The molecule has 5 nitrogen and oxygen atoms in total. The van der Waals surface area contributed by atoms with Gasteiger partial charge in [0.05, 0.1) is 16.8 Å². The van der Waals surface area contributed by atoms with Crippen molar-refractivity contribution in [3.63, 3.8) is 0 Å². The van der Waals surface area contributed by atoms with Gasteiger partial charge in [-0.15, -0.1) is 0 Å². The number of anilines is 3. The van der Waals surface area contributed by atoms with Crippen molar-refractivity contribution in [2.45, 2.75) is 38.5 Å². The van der Waals surface area contributed by atoms with Crippen LogP contribution < -0.4 is 10.0 Å². The Hall–Kier alpha value is -2.86. The molecule has 3 rings (SSSR count). The number of nitrogens with zero attached hydrogens (tertiary/aromatic N) is 1. The molecule has 0 radical (unpaired) electrons. The van der Waals surface area contributed by atoms with Crippen LogP contribution in [-0.4, -0.2) is 13.4 Å². The summed E-state index contributed by atoms with van der Waals surface area (Å²) in [6.07, 6.45) is 1.50. The Morgan fingerprint density at radius 3 is 2.04 bits per heavy atom. The molecule has 0 aliphatic heterocycles. The van der Waals surface area contributed by atoms with Crippen LogP contribution in [0.3, 0.4) is 0 Å². The zero-order valence-electron chi connectivity index (χ0n) is 16.5. The van der Waals surface area contributed by atoms with E-state index in [9.17, 15) is 8.42 Å². The molecule has 0 saturated carbocycles. The first-order valence-corrected chi connectivity index (χ1v) is 10.7. The first-order chi connectivity index (χ1) is 13.2. The van der Waals surface area contributed by atoms with Crippen molar-refractivity contribution in [3.05, 3.63) is 77.5 Å². The van der Waals surface area contributed by atoms with Gasteiger partial charge in [0.1, 0.15) is 5.82 Å². The fourth-order valence-corrected chi connectivity index (χ4v) is 4.01. The van der Waals surface area contributed by atoms with Gasteiger partial charge < -0.3 is 5.32 Å². The van der Waals surface area contributed by atoms with Crippen molar-refractivity contribution in [3.8, 4) is 0 Å². The van der Waals surface area contributed by atoms with Gasteiger partial charge in [-0.3, -0.25) is 4.72 Å². The lowest BCUT2D eigenvalue weighted by Gasteiger charge is -2.11. The summed E-state index contributed by atoms with van der Waals surface area (Å²) >= 11 is 0. The van der Waals surface area contributed by atoms with E-state index in [1.165, 1.54) is 6.20 Å². The van der Waals surface area contributed by atoms with E-state index in [2.05, 4.69) is 34.9 Å². The summed E-state index contributed by atoms with van der Waals surface area (Å²) in [5.74, 6) is 1.00. The quantitative estimate of drug-likeness (QED) is 0.589. The summed E-state index contributed by atoms with van der Waals surface area (Å²) in [4.78, 5) is 4.54. The third-order valence-electron chi connectivity index (χ3n) is 4.37. The second-order valence-corrected chi connectivity index (χ2v) is 8.95. The summed E-state index contributed by atoms with van der Waals surface area (Å²) in [6, 6.07) is 16.5. The second kappa shape index (κ2) is 8.02. The molecule has 0 fully saturated rings. The maximum Gasteiger partial charge on any atom is 0.261 e. The highest BCUT2D eigenvalue weighted by molar-refractivity contribution is 7.92. The van der Waals surface area contributed by atoms with Crippen LogP contribution in [0.4, 0.5) is 17.2 Å². The van der Waals surface area contributed by atoms with E-state index in [0.717, 1.165) is 22.4 Å². The number of aromatic nitrogens is 1. The largest absolute Gasteiger partial charge is 0.340 e. The van der Waals surface area contributed by atoms with Gasteiger partial charge in [-0.1, -0.05) is 32.0 Å². The normalized spacial score (nSPS) is 11.5. The summed E-state index contributed by atoms with van der Waals surface area (Å²) < 4.78 is 27.7. The Bertz CT molecular complexity index is 1040. The number of sulfonamides is 1. The lowest BCUT2D eigenvalue weighted by Crippen LogP contribution is -2.13. The van der Waals surface area contributed by atoms with Gasteiger partial charge in [0, 0.05) is 5.69 Å². The van der Waals surface area contributed by atoms with Crippen molar-refractivity contribution in [2.24, 2.45) is 0 Å². The lowest BCUT2D eigenvalue weighted by molar-refractivity contribution is 0.601. The molecule has 0 bridgehead atoms. The molecule has 1 heterocycles. The average Bonchev–Trinajstić information content (AvgIpc) is 2.62. The summed E-state index contributed by atoms with van der Waals surface area (Å²) in [7, 11) is -3.65. The summed E-state index contributed by atoms with van der Waals surface area (Å²) in [5, 5.41) is 3.24. The van der Waals surface area contributed by atoms with E-state index >= 15 is 0 Å². The maximum atomic E-state index is 12.6. The van der Waals surface area contributed by atoms with E-state index < -0.39 is 10.0 Å². The number of aryl methyl sites for hydroxylation is 2. The van der Waals surface area contributed by atoms with Crippen LogP contribution in [0, 0.1) is 13.8 Å². The molecular weight excluding hydrogens is 370 g/mol. The Balaban J connectivity index is 1.72. The SMILES string of the molecule is Cc1cc(C)cc(Nc2ccc(NS(=O)(=O)c3ccc(C(C)C)cc3)cn2)c1. The van der Waals surface area contributed by atoms with Crippen molar-refractivity contribution < 1.29 is 8.42 Å². The molecule has 3 aromatic rings. The molecule has 0 aliphatic carbocycles. The topological polar surface area (TPSA) is 71.1 Å². The van der Waals surface area contributed by atoms with Gasteiger partial charge in [-0.05, 0) is 72.9 Å². The third-order valence-corrected chi connectivity index (χ3v) is 5.76. The zero-order valence-corrected chi connectivity index (χ0v) is 17.3. The lowest BCUT2D eigenvalue weighted by atomic mass is 10.0. The van der Waals surface area contributed by atoms with Crippen LogP contribution in [0.2, 0.25) is 0 Å². The number of nitrogens with one attached hydrogen (secondary N) is 2. The van der Waals surface area contributed by atoms with Gasteiger partial charge in [0.2, 0.25) is 0 Å². The van der Waals surface area contributed by atoms with Crippen molar-refractivity contribution in [1.29, 1.82) is 0 Å². The second-order valence-electron chi connectivity index (χ2n) is 7.26. The Morgan fingerprint density at radius 2 is 1.50 bits per heavy atom. The van der Waals surface area contributed by atoms with Crippen molar-refractivity contribution in [2.75, 3.05) is 10.0 Å². The molecule has 0 atom stereocenters. The monoisotopic (exact) mass is 395 g/mol. The average molecular weight is 396 g/mol. The molecule has 0 unspecified atom stereocenters.